The molecule has 3 heterocycles. The molecule has 0 amide bonds. The van der Waals surface area contributed by atoms with Crippen molar-refractivity contribution >= 4 is 46.0 Å². The number of nitriles is 1. The number of fused-ring (bicyclic) bond motifs is 1. The number of hydrogen-bond donors (Lipinski definition) is 2. The van der Waals surface area contributed by atoms with Gasteiger partial charge in [0.15, 0.2) is 0 Å². The van der Waals surface area contributed by atoms with Gasteiger partial charge in [-0.1, -0.05) is 23.8 Å². The van der Waals surface area contributed by atoms with Crippen LogP contribution in [0, 0.1) is 18.3 Å². The van der Waals surface area contributed by atoms with Crippen LogP contribution in [0.2, 0.25) is 5.15 Å². The van der Waals surface area contributed by atoms with E-state index in [0.29, 0.717) is 16.4 Å². The molecule has 0 saturated heterocycles. The van der Waals surface area contributed by atoms with E-state index in [-0.39, 0.29) is 0 Å². The number of rotatable bonds is 4. The second-order valence-electron chi connectivity index (χ2n) is 6.31. The van der Waals surface area contributed by atoms with Gasteiger partial charge in [-0.15, -0.1) is 0 Å². The van der Waals surface area contributed by atoms with Gasteiger partial charge in [-0.3, -0.25) is 4.98 Å². The van der Waals surface area contributed by atoms with Gasteiger partial charge in [0.05, 0.1) is 11.3 Å². The van der Waals surface area contributed by atoms with Crippen LogP contribution < -0.4 is 5.32 Å². The van der Waals surface area contributed by atoms with Crippen molar-refractivity contribution in [1.82, 2.24) is 15.0 Å². The number of aromatic amines is 1. The Hall–Kier alpha value is -3.62. The highest BCUT2D eigenvalue weighted by Crippen LogP contribution is 2.31. The number of pyridine rings is 2. The maximum atomic E-state index is 9.57. The smallest absolute Gasteiger partial charge is 0.129 e. The molecule has 0 saturated carbocycles. The molecular formula is C22H16ClN5. The summed E-state index contributed by atoms with van der Waals surface area (Å²) in [5.74, 6) is 0. The Bertz CT molecular complexity index is 1230. The fourth-order valence-corrected chi connectivity index (χ4v) is 3.27. The van der Waals surface area contributed by atoms with E-state index in [1.165, 1.54) is 0 Å². The van der Waals surface area contributed by atoms with Crippen LogP contribution in [-0.4, -0.2) is 15.0 Å². The first-order valence-electron chi connectivity index (χ1n) is 8.67. The Morgan fingerprint density at radius 1 is 1.18 bits per heavy atom. The summed E-state index contributed by atoms with van der Waals surface area (Å²) in [6, 6.07) is 11.9. The van der Waals surface area contributed by atoms with Gasteiger partial charge < -0.3 is 10.3 Å². The molecule has 6 heteroatoms. The van der Waals surface area contributed by atoms with Gasteiger partial charge in [0.1, 0.15) is 11.2 Å². The van der Waals surface area contributed by atoms with E-state index in [4.69, 9.17) is 11.6 Å². The molecule has 28 heavy (non-hydrogen) atoms. The summed E-state index contributed by atoms with van der Waals surface area (Å²) in [4.78, 5) is 11.4. The van der Waals surface area contributed by atoms with Gasteiger partial charge in [-0.05, 0) is 48.4 Å². The molecule has 5 nitrogen and oxygen atoms in total. The van der Waals surface area contributed by atoms with Gasteiger partial charge in [0.2, 0.25) is 0 Å². The third kappa shape index (κ3) is 3.46. The fraction of sp³-hybridized carbons (Fsp3) is 0.0455. The molecule has 4 aromatic rings. The summed E-state index contributed by atoms with van der Waals surface area (Å²) in [6.45, 7) is 2.06. The van der Waals surface area contributed by atoms with Crippen LogP contribution in [0.25, 0.3) is 23.1 Å². The van der Waals surface area contributed by atoms with E-state index < -0.39 is 0 Å². The molecule has 0 unspecified atom stereocenters. The molecule has 0 aliphatic carbocycles. The van der Waals surface area contributed by atoms with E-state index in [9.17, 15) is 5.26 Å². The second kappa shape index (κ2) is 7.55. The Labute approximate surface area is 167 Å². The van der Waals surface area contributed by atoms with E-state index in [1.807, 2.05) is 42.6 Å². The predicted molar refractivity (Wildman–Crippen MR) is 113 cm³/mol. The molecule has 2 N–H and O–H groups in total. The average Bonchev–Trinajstić information content (AvgIpc) is 3.19. The molecule has 136 valence electrons. The number of anilines is 2. The van der Waals surface area contributed by atoms with Crippen molar-refractivity contribution in [2.45, 2.75) is 6.92 Å². The quantitative estimate of drug-likeness (QED) is 0.441. The van der Waals surface area contributed by atoms with Crippen molar-refractivity contribution in [1.29, 1.82) is 5.26 Å². The highest BCUT2D eigenvalue weighted by molar-refractivity contribution is 6.29. The zero-order chi connectivity index (χ0) is 19.5. The Balaban J connectivity index is 1.75. The normalized spacial score (nSPS) is 11.0. The predicted octanol–water partition coefficient (Wildman–Crippen LogP) is 5.71. The van der Waals surface area contributed by atoms with Crippen LogP contribution in [-0.2, 0) is 0 Å². The summed E-state index contributed by atoms with van der Waals surface area (Å²) in [7, 11) is 0. The molecule has 1 aromatic carbocycles. The van der Waals surface area contributed by atoms with Crippen LogP contribution in [0.5, 0.6) is 0 Å². The van der Waals surface area contributed by atoms with Crippen molar-refractivity contribution in [3.8, 4) is 6.07 Å². The van der Waals surface area contributed by atoms with Gasteiger partial charge in [0, 0.05) is 46.9 Å². The van der Waals surface area contributed by atoms with Crippen LogP contribution in [0.15, 0.2) is 55.1 Å². The second-order valence-corrected chi connectivity index (χ2v) is 6.70. The third-order valence-corrected chi connectivity index (χ3v) is 4.77. The highest BCUT2D eigenvalue weighted by atomic mass is 35.5. The molecule has 0 radical (unpaired) electrons. The molecule has 0 aliphatic rings. The lowest BCUT2D eigenvalue weighted by atomic mass is 10.1. The maximum absolute atomic E-state index is 9.57. The van der Waals surface area contributed by atoms with Gasteiger partial charge in [-0.25, -0.2) is 4.98 Å². The van der Waals surface area contributed by atoms with Crippen LogP contribution in [0.3, 0.4) is 0 Å². The van der Waals surface area contributed by atoms with Crippen LogP contribution in [0.4, 0.5) is 11.4 Å². The van der Waals surface area contributed by atoms with Crippen molar-refractivity contribution in [2.75, 3.05) is 5.32 Å². The first-order chi connectivity index (χ1) is 13.7. The largest absolute Gasteiger partial charge is 0.361 e. The number of nitrogens with one attached hydrogen (secondary N) is 2. The SMILES string of the molecule is Cc1c(Nc2c(C#N)cncc2/C=C/c2ccnc(Cl)c2)ccc2[nH]ccc12. The monoisotopic (exact) mass is 385 g/mol. The number of hydrogen-bond acceptors (Lipinski definition) is 4. The first kappa shape index (κ1) is 17.8. The Morgan fingerprint density at radius 3 is 2.89 bits per heavy atom. The highest BCUT2D eigenvalue weighted by Gasteiger charge is 2.11. The van der Waals surface area contributed by atoms with E-state index in [1.54, 1.807) is 24.7 Å². The summed E-state index contributed by atoms with van der Waals surface area (Å²) >= 11 is 5.95. The zero-order valence-electron chi connectivity index (χ0n) is 15.1. The van der Waals surface area contributed by atoms with Gasteiger partial charge in [0.25, 0.3) is 0 Å². The molecular weight excluding hydrogens is 370 g/mol. The fourth-order valence-electron chi connectivity index (χ4n) is 3.09. The van der Waals surface area contributed by atoms with Crippen molar-refractivity contribution in [2.24, 2.45) is 0 Å². The summed E-state index contributed by atoms with van der Waals surface area (Å²) in [5, 5.41) is 14.6. The average molecular weight is 386 g/mol. The molecule has 0 aliphatic heterocycles. The molecule has 3 aromatic heterocycles. The number of halogens is 1. The topological polar surface area (TPSA) is 77.4 Å². The van der Waals surface area contributed by atoms with Crippen LogP contribution in [0.1, 0.15) is 22.3 Å². The minimum Gasteiger partial charge on any atom is -0.361 e. The maximum Gasteiger partial charge on any atom is 0.129 e. The molecule has 0 fully saturated rings. The van der Waals surface area contributed by atoms with Gasteiger partial charge in [-0.2, -0.15) is 5.26 Å². The number of nitrogens with zero attached hydrogens (tertiary/aromatic N) is 3. The third-order valence-electron chi connectivity index (χ3n) is 4.57. The lowest BCUT2D eigenvalue weighted by Gasteiger charge is -2.14. The minimum atomic E-state index is 0.430. The molecule has 4 rings (SSSR count). The number of aryl methyl sites for hydroxylation is 1. The van der Waals surface area contributed by atoms with E-state index in [0.717, 1.165) is 33.3 Å². The summed E-state index contributed by atoms with van der Waals surface area (Å²) in [5.41, 5.74) is 6.04. The van der Waals surface area contributed by atoms with Crippen molar-refractivity contribution < 1.29 is 0 Å². The van der Waals surface area contributed by atoms with Crippen molar-refractivity contribution in [3.05, 3.63) is 82.5 Å². The van der Waals surface area contributed by atoms with Gasteiger partial charge >= 0.3 is 0 Å². The number of benzene rings is 1. The number of H-pyrrole nitrogens is 1. The van der Waals surface area contributed by atoms with E-state index >= 15 is 0 Å². The molecule has 0 atom stereocenters. The lowest BCUT2D eigenvalue weighted by molar-refractivity contribution is 1.28. The first-order valence-corrected chi connectivity index (χ1v) is 9.05. The molecule has 0 spiro atoms. The van der Waals surface area contributed by atoms with Crippen molar-refractivity contribution in [3.63, 3.8) is 0 Å². The van der Waals surface area contributed by atoms with E-state index in [2.05, 4.69) is 33.3 Å². The van der Waals surface area contributed by atoms with Crippen LogP contribution >= 0.6 is 11.6 Å². The lowest BCUT2D eigenvalue weighted by Crippen LogP contribution is -1.99. The summed E-state index contributed by atoms with van der Waals surface area (Å²) < 4.78 is 0. The Kier molecular flexibility index (Phi) is 4.79. The Morgan fingerprint density at radius 2 is 2.07 bits per heavy atom. The standard InChI is InChI=1S/C22H16ClN5/c1-14-18-7-9-26-20(18)5-4-19(14)28-22-16(12-25-13-17(22)11-24)3-2-15-6-8-27-21(23)10-15/h2-10,12-13,26H,1H3,(H,25,28)/b3-2+. The summed E-state index contributed by atoms with van der Waals surface area (Å²) in [6.07, 6.45) is 10.7. The minimum absolute atomic E-state index is 0.430. The number of aromatic nitrogens is 3. The zero-order valence-corrected chi connectivity index (χ0v) is 15.8. The molecule has 0 bridgehead atoms.